The van der Waals surface area contributed by atoms with Gasteiger partial charge in [0.15, 0.2) is 0 Å². The summed E-state index contributed by atoms with van der Waals surface area (Å²) in [5.41, 5.74) is 3.10. The maximum Gasteiger partial charge on any atom is 0.123 e. The van der Waals surface area contributed by atoms with Crippen molar-refractivity contribution in [3.05, 3.63) is 25.6 Å². The van der Waals surface area contributed by atoms with Crippen molar-refractivity contribution < 1.29 is 5.11 Å². The van der Waals surface area contributed by atoms with Gasteiger partial charge in [-0.05, 0) is 25.3 Å². The first-order valence-electron chi connectivity index (χ1n) is 4.84. The fourth-order valence-electron chi connectivity index (χ4n) is 1.58. The summed E-state index contributed by atoms with van der Waals surface area (Å²) in [6.07, 6.45) is 1.74. The molecule has 0 radical (unpaired) electrons. The van der Waals surface area contributed by atoms with Crippen LogP contribution in [0.3, 0.4) is 0 Å². The molecule has 0 fully saturated rings. The van der Waals surface area contributed by atoms with E-state index in [9.17, 15) is 5.11 Å². The number of hydrogen-bond acceptors (Lipinski definition) is 1. The predicted octanol–water partition coefficient (Wildman–Crippen LogP) is 5.10. The van der Waals surface area contributed by atoms with Crippen LogP contribution in [0.5, 0.6) is 5.75 Å². The van der Waals surface area contributed by atoms with Crippen LogP contribution in [0.25, 0.3) is 0 Å². The minimum absolute atomic E-state index is 0.386. The molecule has 90 valence electrons. The molecule has 0 aliphatic heterocycles. The molecule has 0 aromatic heterocycles. The molecule has 0 amide bonds. The summed E-state index contributed by atoms with van der Waals surface area (Å²) in [5.74, 6) is 0.386. The van der Waals surface area contributed by atoms with E-state index in [4.69, 9.17) is 0 Å². The van der Waals surface area contributed by atoms with Gasteiger partial charge in [-0.1, -0.05) is 63.7 Å². The molecule has 0 aliphatic rings. The summed E-state index contributed by atoms with van der Waals surface area (Å²) < 4.78 is 2.01. The normalized spacial score (nSPS) is 10.8. The molecular formula is C11H12Br4O. The van der Waals surface area contributed by atoms with Gasteiger partial charge in [0.2, 0.25) is 0 Å². The van der Waals surface area contributed by atoms with Crippen LogP contribution >= 0.6 is 63.7 Å². The van der Waals surface area contributed by atoms with Gasteiger partial charge in [0.25, 0.3) is 0 Å². The largest absolute Gasteiger partial charge is 0.507 e. The summed E-state index contributed by atoms with van der Waals surface area (Å²) in [7, 11) is 0. The third-order valence-corrected chi connectivity index (χ3v) is 5.28. The minimum atomic E-state index is 0.386. The van der Waals surface area contributed by atoms with E-state index in [-0.39, 0.29) is 0 Å². The molecule has 0 bridgehead atoms. The van der Waals surface area contributed by atoms with Crippen molar-refractivity contribution in [1.29, 1.82) is 0 Å². The Morgan fingerprint density at radius 2 is 1.44 bits per heavy atom. The third kappa shape index (κ3) is 3.03. The third-order valence-electron chi connectivity index (χ3n) is 2.45. The number of phenolic OH excluding ortho intramolecular Hbond substituents is 1. The van der Waals surface area contributed by atoms with Crippen LogP contribution in [0.15, 0.2) is 8.95 Å². The van der Waals surface area contributed by atoms with E-state index in [2.05, 4.69) is 63.7 Å². The predicted molar refractivity (Wildman–Crippen MR) is 83.2 cm³/mol. The zero-order valence-corrected chi connectivity index (χ0v) is 15.1. The van der Waals surface area contributed by atoms with E-state index in [1.54, 1.807) is 0 Å². The molecule has 1 aromatic rings. The molecular weight excluding hydrogens is 468 g/mol. The maximum absolute atomic E-state index is 10.1. The molecule has 0 unspecified atom stereocenters. The van der Waals surface area contributed by atoms with Gasteiger partial charge in [0, 0.05) is 30.7 Å². The second-order valence-electron chi connectivity index (χ2n) is 3.44. The Labute approximate surface area is 130 Å². The molecule has 0 saturated carbocycles. The fourth-order valence-corrected chi connectivity index (χ4v) is 4.00. The van der Waals surface area contributed by atoms with Crippen LogP contribution in [-0.4, -0.2) is 15.8 Å². The van der Waals surface area contributed by atoms with E-state index in [0.29, 0.717) is 5.75 Å². The summed E-state index contributed by atoms with van der Waals surface area (Å²) in [4.78, 5) is 0. The van der Waals surface area contributed by atoms with Gasteiger partial charge in [0.05, 0.1) is 0 Å². The first-order chi connectivity index (χ1) is 7.54. The molecule has 0 aliphatic carbocycles. The SMILES string of the molecule is Cc1c(O)c(CCBr)c(Br)c(CCBr)c1Br. The first-order valence-corrected chi connectivity index (χ1v) is 8.67. The van der Waals surface area contributed by atoms with Gasteiger partial charge >= 0.3 is 0 Å². The van der Waals surface area contributed by atoms with Gasteiger partial charge in [-0.3, -0.25) is 0 Å². The highest BCUT2D eigenvalue weighted by atomic mass is 79.9. The number of hydrogen-bond donors (Lipinski definition) is 1. The zero-order chi connectivity index (χ0) is 12.3. The molecule has 5 heteroatoms. The molecule has 0 heterocycles. The molecule has 1 rings (SSSR count). The van der Waals surface area contributed by atoms with Gasteiger partial charge in [-0.25, -0.2) is 0 Å². The van der Waals surface area contributed by atoms with Crippen LogP contribution in [0.2, 0.25) is 0 Å². The van der Waals surface area contributed by atoms with Crippen LogP contribution in [0.4, 0.5) is 0 Å². The maximum atomic E-state index is 10.1. The van der Waals surface area contributed by atoms with Crippen LogP contribution in [-0.2, 0) is 12.8 Å². The second-order valence-corrected chi connectivity index (χ2v) is 6.61. The summed E-state index contributed by atoms with van der Waals surface area (Å²) >= 11 is 14.0. The Morgan fingerprint density at radius 1 is 0.938 bits per heavy atom. The van der Waals surface area contributed by atoms with Crippen molar-refractivity contribution in [2.75, 3.05) is 10.7 Å². The van der Waals surface area contributed by atoms with Gasteiger partial charge in [-0.15, -0.1) is 0 Å². The minimum Gasteiger partial charge on any atom is -0.507 e. The lowest BCUT2D eigenvalue weighted by Gasteiger charge is -2.16. The van der Waals surface area contributed by atoms with E-state index < -0.39 is 0 Å². The monoisotopic (exact) mass is 476 g/mol. The van der Waals surface area contributed by atoms with Crippen molar-refractivity contribution in [3.8, 4) is 5.75 Å². The molecule has 0 saturated heterocycles. The molecule has 16 heavy (non-hydrogen) atoms. The van der Waals surface area contributed by atoms with Gasteiger partial charge in [-0.2, -0.15) is 0 Å². The Bertz CT molecular complexity index is 357. The van der Waals surface area contributed by atoms with Crippen LogP contribution < -0.4 is 0 Å². The highest BCUT2D eigenvalue weighted by Crippen LogP contribution is 2.40. The molecule has 1 nitrogen and oxygen atoms in total. The molecule has 0 atom stereocenters. The number of benzene rings is 1. The second kappa shape index (κ2) is 6.76. The Hall–Kier alpha value is 0.940. The zero-order valence-electron chi connectivity index (χ0n) is 8.79. The quantitative estimate of drug-likeness (QED) is 0.596. The smallest absolute Gasteiger partial charge is 0.123 e. The topological polar surface area (TPSA) is 20.2 Å². The van der Waals surface area contributed by atoms with Gasteiger partial charge < -0.3 is 5.11 Å². The average molecular weight is 480 g/mol. The number of rotatable bonds is 4. The first kappa shape index (κ1) is 15.0. The number of aromatic hydroxyl groups is 1. The number of halogens is 4. The van der Waals surface area contributed by atoms with E-state index in [1.807, 2.05) is 6.92 Å². The van der Waals surface area contributed by atoms with Crippen molar-refractivity contribution >= 4 is 63.7 Å². The molecule has 1 aromatic carbocycles. The lowest BCUT2D eigenvalue weighted by atomic mass is 10.0. The standard InChI is InChI=1S/C11H12Br4O/c1-6-9(14)7(2-4-12)10(15)8(3-5-13)11(6)16/h16H,2-5H2,1H3. The number of phenols is 1. The lowest BCUT2D eigenvalue weighted by Crippen LogP contribution is -2.00. The van der Waals surface area contributed by atoms with Crippen molar-refractivity contribution in [2.45, 2.75) is 19.8 Å². The highest BCUT2D eigenvalue weighted by molar-refractivity contribution is 9.11. The highest BCUT2D eigenvalue weighted by Gasteiger charge is 2.17. The lowest BCUT2D eigenvalue weighted by molar-refractivity contribution is 0.463. The van der Waals surface area contributed by atoms with Crippen LogP contribution in [0.1, 0.15) is 16.7 Å². The van der Waals surface area contributed by atoms with Crippen molar-refractivity contribution in [3.63, 3.8) is 0 Å². The average Bonchev–Trinajstić information content (AvgIpc) is 2.28. The Balaban J connectivity index is 3.39. The summed E-state index contributed by atoms with van der Waals surface area (Å²) in [6.45, 7) is 1.93. The number of alkyl halides is 2. The fraction of sp³-hybridized carbons (Fsp3) is 0.455. The molecule has 0 spiro atoms. The molecule has 1 N–H and O–H groups in total. The van der Waals surface area contributed by atoms with Gasteiger partial charge in [0.1, 0.15) is 5.75 Å². The summed E-state index contributed by atoms with van der Waals surface area (Å²) in [6, 6.07) is 0. The summed E-state index contributed by atoms with van der Waals surface area (Å²) in [5, 5.41) is 11.8. The van der Waals surface area contributed by atoms with E-state index >= 15 is 0 Å². The Morgan fingerprint density at radius 3 is 1.94 bits per heavy atom. The van der Waals surface area contributed by atoms with E-state index in [1.165, 1.54) is 5.56 Å². The van der Waals surface area contributed by atoms with Crippen LogP contribution in [0, 0.1) is 6.92 Å². The van der Waals surface area contributed by atoms with E-state index in [0.717, 1.165) is 43.6 Å². The van der Waals surface area contributed by atoms with Crippen molar-refractivity contribution in [1.82, 2.24) is 0 Å². The Kier molecular flexibility index (Phi) is 6.34. The van der Waals surface area contributed by atoms with Crippen molar-refractivity contribution in [2.24, 2.45) is 0 Å².